The Morgan fingerprint density at radius 1 is 1.38 bits per heavy atom. The molecule has 0 saturated carbocycles. The number of hydrogen-bond acceptors (Lipinski definition) is 4. The number of rotatable bonds is 4. The number of anilines is 1. The Kier molecular flexibility index (Phi) is 5.22. The molecule has 2 rings (SSSR count). The average molecular weight is 291 g/mol. The number of piperidine rings is 1. The Bertz CT molecular complexity index is 456. The molecule has 0 aliphatic carbocycles. The van der Waals surface area contributed by atoms with Crippen LogP contribution in [0.2, 0.25) is 0 Å². The van der Waals surface area contributed by atoms with Crippen molar-refractivity contribution in [1.29, 1.82) is 0 Å². The molecule has 2 heterocycles. The van der Waals surface area contributed by atoms with Gasteiger partial charge in [0.1, 0.15) is 5.82 Å². The first-order valence-electron chi connectivity index (χ1n) is 7.88. The quantitative estimate of drug-likeness (QED) is 0.925. The summed E-state index contributed by atoms with van der Waals surface area (Å²) >= 11 is 0. The summed E-state index contributed by atoms with van der Waals surface area (Å²) in [6.45, 7) is 11.6. The lowest BCUT2D eigenvalue weighted by Crippen LogP contribution is -2.44. The van der Waals surface area contributed by atoms with E-state index in [2.05, 4.69) is 56.1 Å². The molecule has 1 saturated heterocycles. The second-order valence-corrected chi connectivity index (χ2v) is 7.08. The molecule has 0 aromatic carbocycles. The zero-order valence-corrected chi connectivity index (χ0v) is 14.0. The normalized spacial score (nSPS) is 23.4. The van der Waals surface area contributed by atoms with E-state index in [1.807, 2.05) is 7.11 Å². The van der Waals surface area contributed by atoms with E-state index in [0.29, 0.717) is 12.0 Å². The zero-order valence-electron chi connectivity index (χ0n) is 14.0. The summed E-state index contributed by atoms with van der Waals surface area (Å²) in [5.74, 6) is 1.69. The second kappa shape index (κ2) is 6.75. The molecule has 0 radical (unpaired) electrons. The van der Waals surface area contributed by atoms with E-state index in [-0.39, 0.29) is 5.54 Å². The number of aromatic nitrogens is 1. The highest BCUT2D eigenvalue weighted by molar-refractivity contribution is 5.40. The maximum absolute atomic E-state index is 5.60. The van der Waals surface area contributed by atoms with Crippen molar-refractivity contribution < 1.29 is 4.74 Å². The molecular weight excluding hydrogens is 262 g/mol. The maximum atomic E-state index is 5.60. The van der Waals surface area contributed by atoms with Gasteiger partial charge in [0.05, 0.1) is 11.8 Å². The van der Waals surface area contributed by atoms with Gasteiger partial charge < -0.3 is 15.0 Å². The number of methoxy groups -OCH3 is 1. The van der Waals surface area contributed by atoms with Gasteiger partial charge in [0.15, 0.2) is 0 Å². The van der Waals surface area contributed by atoms with Gasteiger partial charge in [-0.3, -0.25) is 0 Å². The molecule has 0 bridgehead atoms. The Morgan fingerprint density at radius 3 is 2.81 bits per heavy atom. The lowest BCUT2D eigenvalue weighted by atomic mass is 9.96. The fourth-order valence-electron chi connectivity index (χ4n) is 2.65. The fraction of sp³-hybridized carbons (Fsp3) is 0.706. The predicted molar refractivity (Wildman–Crippen MR) is 87.6 cm³/mol. The summed E-state index contributed by atoms with van der Waals surface area (Å²) in [5.41, 5.74) is 1.20. The summed E-state index contributed by atoms with van der Waals surface area (Å²) in [4.78, 5) is 7.14. The van der Waals surface area contributed by atoms with Gasteiger partial charge in [0.25, 0.3) is 0 Å². The molecule has 1 aliphatic rings. The molecule has 0 amide bonds. The maximum Gasteiger partial charge on any atom is 0.128 e. The van der Waals surface area contributed by atoms with Crippen LogP contribution in [0.1, 0.15) is 39.8 Å². The molecule has 1 aromatic rings. The van der Waals surface area contributed by atoms with Gasteiger partial charge in [-0.15, -0.1) is 0 Å². The van der Waals surface area contributed by atoms with Crippen molar-refractivity contribution in [3.05, 3.63) is 23.9 Å². The minimum absolute atomic E-state index is 0.111. The van der Waals surface area contributed by atoms with E-state index in [1.54, 1.807) is 0 Å². The van der Waals surface area contributed by atoms with Gasteiger partial charge in [-0.1, -0.05) is 13.0 Å². The molecule has 1 fully saturated rings. The molecule has 0 spiro atoms. The van der Waals surface area contributed by atoms with Crippen LogP contribution in [0.25, 0.3) is 0 Å². The number of nitrogens with one attached hydrogen (secondary N) is 1. The monoisotopic (exact) mass is 291 g/mol. The van der Waals surface area contributed by atoms with Crippen molar-refractivity contribution in [3.63, 3.8) is 0 Å². The van der Waals surface area contributed by atoms with Crippen molar-refractivity contribution in [3.8, 4) is 0 Å². The summed E-state index contributed by atoms with van der Waals surface area (Å²) in [6.07, 6.45) is 1.46. The van der Waals surface area contributed by atoms with Crippen LogP contribution in [0.3, 0.4) is 0 Å². The van der Waals surface area contributed by atoms with Gasteiger partial charge in [0.2, 0.25) is 0 Å². The third kappa shape index (κ3) is 4.68. The van der Waals surface area contributed by atoms with E-state index < -0.39 is 0 Å². The summed E-state index contributed by atoms with van der Waals surface area (Å²) in [5, 5.41) is 3.49. The third-order valence-corrected chi connectivity index (χ3v) is 4.11. The summed E-state index contributed by atoms with van der Waals surface area (Å²) in [6, 6.07) is 6.29. The van der Waals surface area contributed by atoms with Crippen molar-refractivity contribution in [1.82, 2.24) is 10.3 Å². The zero-order chi connectivity index (χ0) is 15.5. The van der Waals surface area contributed by atoms with Crippen LogP contribution in [0, 0.1) is 5.92 Å². The van der Waals surface area contributed by atoms with Gasteiger partial charge in [-0.05, 0) is 45.2 Å². The highest BCUT2D eigenvalue weighted by Gasteiger charge is 2.26. The van der Waals surface area contributed by atoms with E-state index >= 15 is 0 Å². The molecule has 2 atom stereocenters. The topological polar surface area (TPSA) is 37.4 Å². The molecule has 1 aliphatic heterocycles. The van der Waals surface area contributed by atoms with Crippen LogP contribution in [0.4, 0.5) is 5.82 Å². The second-order valence-electron chi connectivity index (χ2n) is 7.08. The molecule has 1 N–H and O–H groups in total. The third-order valence-electron chi connectivity index (χ3n) is 4.11. The summed E-state index contributed by atoms with van der Waals surface area (Å²) < 4.78 is 5.60. The van der Waals surface area contributed by atoms with Crippen molar-refractivity contribution in [2.75, 3.05) is 25.1 Å². The Morgan fingerprint density at radius 2 is 2.14 bits per heavy atom. The SMILES string of the molecule is COC1CN(c2cccc(CNC(C)(C)C)n2)CCC1C. The van der Waals surface area contributed by atoms with Crippen LogP contribution in [0.15, 0.2) is 18.2 Å². The van der Waals surface area contributed by atoms with E-state index in [0.717, 1.165) is 37.6 Å². The number of pyridine rings is 1. The molecule has 118 valence electrons. The first-order valence-corrected chi connectivity index (χ1v) is 7.88. The molecule has 4 nitrogen and oxygen atoms in total. The van der Waals surface area contributed by atoms with Gasteiger partial charge in [-0.2, -0.15) is 0 Å². The standard InChI is InChI=1S/C17H29N3O/c1-13-9-10-20(12-15(13)21-5)16-8-6-7-14(19-16)11-18-17(2,3)4/h6-8,13,15,18H,9-12H2,1-5H3. The predicted octanol–water partition coefficient (Wildman–Crippen LogP) is 2.83. The molecule has 4 heteroatoms. The average Bonchev–Trinajstić information content (AvgIpc) is 2.45. The first-order chi connectivity index (χ1) is 9.89. The molecular formula is C17H29N3O. The fourth-order valence-corrected chi connectivity index (χ4v) is 2.65. The molecule has 21 heavy (non-hydrogen) atoms. The van der Waals surface area contributed by atoms with Gasteiger partial charge >= 0.3 is 0 Å². The van der Waals surface area contributed by atoms with Crippen LogP contribution in [-0.2, 0) is 11.3 Å². The number of ether oxygens (including phenoxy) is 1. The smallest absolute Gasteiger partial charge is 0.128 e. The highest BCUT2D eigenvalue weighted by Crippen LogP contribution is 2.23. The largest absolute Gasteiger partial charge is 0.379 e. The van der Waals surface area contributed by atoms with Crippen molar-refractivity contribution in [2.24, 2.45) is 5.92 Å². The van der Waals surface area contributed by atoms with E-state index in [4.69, 9.17) is 9.72 Å². The van der Waals surface area contributed by atoms with E-state index in [1.165, 1.54) is 0 Å². The van der Waals surface area contributed by atoms with Gasteiger partial charge in [-0.25, -0.2) is 4.98 Å². The van der Waals surface area contributed by atoms with Crippen LogP contribution in [-0.4, -0.2) is 36.8 Å². The molecule has 1 aromatic heterocycles. The van der Waals surface area contributed by atoms with Crippen LogP contribution < -0.4 is 10.2 Å². The minimum Gasteiger partial charge on any atom is -0.379 e. The lowest BCUT2D eigenvalue weighted by molar-refractivity contribution is 0.0496. The summed E-state index contributed by atoms with van der Waals surface area (Å²) in [7, 11) is 1.81. The van der Waals surface area contributed by atoms with E-state index in [9.17, 15) is 0 Å². The lowest BCUT2D eigenvalue weighted by Gasteiger charge is -2.37. The Labute approximate surface area is 128 Å². The van der Waals surface area contributed by atoms with Crippen molar-refractivity contribution in [2.45, 2.75) is 52.3 Å². The number of hydrogen-bond donors (Lipinski definition) is 1. The van der Waals surface area contributed by atoms with Gasteiger partial charge in [0, 0.05) is 32.3 Å². The Balaban J connectivity index is 2.03. The number of nitrogens with zero attached hydrogens (tertiary/aromatic N) is 2. The minimum atomic E-state index is 0.111. The molecule has 2 unspecified atom stereocenters. The van der Waals surface area contributed by atoms with Crippen LogP contribution >= 0.6 is 0 Å². The first kappa shape index (κ1) is 16.2. The van der Waals surface area contributed by atoms with Crippen LogP contribution in [0.5, 0.6) is 0 Å². The highest BCUT2D eigenvalue weighted by atomic mass is 16.5. The van der Waals surface area contributed by atoms with Crippen molar-refractivity contribution >= 4 is 5.82 Å². The Hall–Kier alpha value is -1.13.